The lowest BCUT2D eigenvalue weighted by molar-refractivity contribution is -0.305. The molecule has 0 saturated carbocycles. The van der Waals surface area contributed by atoms with Crippen molar-refractivity contribution in [3.8, 4) is 0 Å². The van der Waals surface area contributed by atoms with E-state index in [0.717, 1.165) is 64.2 Å². The van der Waals surface area contributed by atoms with Crippen LogP contribution in [-0.2, 0) is 28.5 Å². The van der Waals surface area contributed by atoms with Crippen molar-refractivity contribution in [3.63, 3.8) is 0 Å². The first-order chi connectivity index (χ1) is 26.8. The summed E-state index contributed by atoms with van der Waals surface area (Å²) in [6.07, 6.45) is 31.8. The Balaban J connectivity index is 2.34. The zero-order valence-corrected chi connectivity index (χ0v) is 34.9. The van der Waals surface area contributed by atoms with Crippen LogP contribution in [-0.4, -0.2) is 89.0 Å². The lowest BCUT2D eigenvalue weighted by atomic mass is 9.99. The Morgan fingerprint density at radius 1 is 0.545 bits per heavy atom. The quantitative estimate of drug-likeness (QED) is 0.0273. The highest BCUT2D eigenvalue weighted by molar-refractivity contribution is 5.70. The van der Waals surface area contributed by atoms with Crippen molar-refractivity contribution in [2.75, 3.05) is 19.8 Å². The largest absolute Gasteiger partial charge is 0.462 e. The number of carbonyl (C=O) groups excluding carboxylic acids is 2. The van der Waals surface area contributed by atoms with Crippen molar-refractivity contribution in [2.24, 2.45) is 0 Å². The Morgan fingerprint density at radius 3 is 1.42 bits per heavy atom. The van der Waals surface area contributed by atoms with Gasteiger partial charge in [-0.05, 0) is 64.2 Å². The maximum absolute atomic E-state index is 12.8. The number of rotatable bonds is 37. The van der Waals surface area contributed by atoms with Crippen LogP contribution in [0.4, 0.5) is 0 Å². The predicted molar refractivity (Wildman–Crippen MR) is 219 cm³/mol. The molecule has 1 saturated heterocycles. The number of aliphatic hydroxyl groups excluding tert-OH is 4. The van der Waals surface area contributed by atoms with E-state index in [4.69, 9.17) is 18.9 Å². The minimum Gasteiger partial charge on any atom is -0.462 e. The molecule has 10 nitrogen and oxygen atoms in total. The molecule has 0 bridgehead atoms. The second-order valence-electron chi connectivity index (χ2n) is 15.5. The first-order valence-electron chi connectivity index (χ1n) is 22.4. The van der Waals surface area contributed by atoms with Gasteiger partial charge in [-0.2, -0.15) is 0 Å². The molecule has 1 aliphatic rings. The molecule has 0 radical (unpaired) electrons. The van der Waals surface area contributed by atoms with Gasteiger partial charge in [-0.25, -0.2) is 0 Å². The van der Waals surface area contributed by atoms with Crippen LogP contribution in [0.5, 0.6) is 0 Å². The molecule has 4 N–H and O–H groups in total. The highest BCUT2D eigenvalue weighted by Gasteiger charge is 2.44. The molecule has 1 aliphatic heterocycles. The molecule has 6 atom stereocenters. The number of allylic oxidation sites excluding steroid dienone is 4. The summed E-state index contributed by atoms with van der Waals surface area (Å²) in [6.45, 7) is 3.40. The van der Waals surface area contributed by atoms with Gasteiger partial charge in [-0.3, -0.25) is 9.59 Å². The standard InChI is InChI=1S/C45H82O10/c1-3-5-7-9-11-13-15-17-19-21-23-25-27-29-31-33-40(47)52-36-38(37-53-45-44(51)43(50)42(49)39(35-46)55-45)54-41(48)34-32-30-28-26-24-22-20-18-16-14-12-10-8-6-4-2/h17-20,38-39,42-46,49-51H,3-16,21-37H2,1-2H3/b19-17+,20-18+/t38-,39+,42-,43-,44+,45+/m0/s1. The van der Waals surface area contributed by atoms with Crippen LogP contribution in [0.2, 0.25) is 0 Å². The molecule has 1 heterocycles. The average Bonchev–Trinajstić information content (AvgIpc) is 3.18. The van der Waals surface area contributed by atoms with E-state index in [1.54, 1.807) is 0 Å². The number of aliphatic hydroxyl groups is 4. The molecule has 0 spiro atoms. The van der Waals surface area contributed by atoms with Crippen molar-refractivity contribution in [1.82, 2.24) is 0 Å². The molecule has 10 heteroatoms. The summed E-state index contributed by atoms with van der Waals surface area (Å²) in [4.78, 5) is 25.3. The minimum atomic E-state index is -1.60. The summed E-state index contributed by atoms with van der Waals surface area (Å²) in [5.74, 6) is -0.822. The van der Waals surface area contributed by atoms with E-state index in [2.05, 4.69) is 38.2 Å². The number of hydrogen-bond donors (Lipinski definition) is 4. The molecule has 1 fully saturated rings. The normalized spacial score (nSPS) is 20.7. The SMILES string of the molecule is CCCCCCCC/C=C/CCCCCCCC(=O)OC[C@@H](CO[C@@H]1O[C@H](CO)[C@H](O)[C@H](O)[C@H]1O)OC(=O)CCCCCCC/C=C/CCCCCCCC. The van der Waals surface area contributed by atoms with Crippen molar-refractivity contribution in [1.29, 1.82) is 0 Å². The molecule has 0 aliphatic carbocycles. The summed E-state index contributed by atoms with van der Waals surface area (Å²) in [6, 6.07) is 0. The number of esters is 2. The fourth-order valence-corrected chi connectivity index (χ4v) is 6.71. The molecule has 322 valence electrons. The van der Waals surface area contributed by atoms with Crippen LogP contribution < -0.4 is 0 Å². The third-order valence-electron chi connectivity index (χ3n) is 10.3. The molecular weight excluding hydrogens is 700 g/mol. The fraction of sp³-hybridized carbons (Fsp3) is 0.867. The van der Waals surface area contributed by atoms with Crippen molar-refractivity contribution >= 4 is 11.9 Å². The number of unbranched alkanes of at least 4 members (excludes halogenated alkanes) is 22. The van der Waals surface area contributed by atoms with Gasteiger partial charge in [0.25, 0.3) is 0 Å². The van der Waals surface area contributed by atoms with E-state index in [1.807, 2.05) is 0 Å². The Morgan fingerprint density at radius 2 is 0.964 bits per heavy atom. The van der Waals surface area contributed by atoms with Gasteiger partial charge in [0.1, 0.15) is 31.0 Å². The second-order valence-corrected chi connectivity index (χ2v) is 15.5. The molecule has 0 aromatic carbocycles. The van der Waals surface area contributed by atoms with E-state index < -0.39 is 49.4 Å². The second kappa shape index (κ2) is 36.5. The predicted octanol–water partition coefficient (Wildman–Crippen LogP) is 9.33. The number of hydrogen-bond acceptors (Lipinski definition) is 10. The fourth-order valence-electron chi connectivity index (χ4n) is 6.71. The lowest BCUT2D eigenvalue weighted by Gasteiger charge is -2.39. The Hall–Kier alpha value is -1.82. The molecule has 55 heavy (non-hydrogen) atoms. The van der Waals surface area contributed by atoms with Gasteiger partial charge >= 0.3 is 11.9 Å². The zero-order valence-electron chi connectivity index (χ0n) is 34.9. The summed E-state index contributed by atoms with van der Waals surface area (Å²) in [7, 11) is 0. The molecule has 0 aromatic rings. The van der Waals surface area contributed by atoms with Gasteiger partial charge in [-0.1, -0.05) is 141 Å². The van der Waals surface area contributed by atoms with E-state index in [9.17, 15) is 30.0 Å². The summed E-state index contributed by atoms with van der Waals surface area (Å²) >= 11 is 0. The Kier molecular flexibility index (Phi) is 34.0. The monoisotopic (exact) mass is 783 g/mol. The smallest absolute Gasteiger partial charge is 0.306 e. The van der Waals surface area contributed by atoms with Crippen LogP contribution in [0.1, 0.15) is 194 Å². The van der Waals surface area contributed by atoms with Crippen LogP contribution in [0, 0.1) is 0 Å². The van der Waals surface area contributed by atoms with E-state index in [-0.39, 0.29) is 32.0 Å². The van der Waals surface area contributed by atoms with Crippen molar-refractivity contribution < 1.29 is 49.0 Å². The molecule has 0 amide bonds. The van der Waals surface area contributed by atoms with Crippen LogP contribution >= 0.6 is 0 Å². The average molecular weight is 783 g/mol. The minimum absolute atomic E-state index is 0.220. The summed E-state index contributed by atoms with van der Waals surface area (Å²) in [5.41, 5.74) is 0. The third kappa shape index (κ3) is 28.3. The van der Waals surface area contributed by atoms with E-state index in [0.29, 0.717) is 12.8 Å². The first kappa shape index (κ1) is 51.2. The van der Waals surface area contributed by atoms with Crippen LogP contribution in [0.3, 0.4) is 0 Å². The number of carbonyl (C=O) groups is 2. The van der Waals surface area contributed by atoms with Gasteiger partial charge in [0.05, 0.1) is 13.2 Å². The van der Waals surface area contributed by atoms with Crippen LogP contribution in [0.25, 0.3) is 0 Å². The zero-order chi connectivity index (χ0) is 40.2. The van der Waals surface area contributed by atoms with E-state index in [1.165, 1.54) is 89.9 Å². The van der Waals surface area contributed by atoms with Gasteiger partial charge < -0.3 is 39.4 Å². The highest BCUT2D eigenvalue weighted by Crippen LogP contribution is 2.22. The van der Waals surface area contributed by atoms with Crippen molar-refractivity contribution in [3.05, 3.63) is 24.3 Å². The molecule has 1 rings (SSSR count). The lowest BCUT2D eigenvalue weighted by Crippen LogP contribution is -2.59. The first-order valence-corrected chi connectivity index (χ1v) is 22.4. The van der Waals surface area contributed by atoms with Gasteiger partial charge in [-0.15, -0.1) is 0 Å². The van der Waals surface area contributed by atoms with Gasteiger partial charge in [0.2, 0.25) is 0 Å². The molecular formula is C45H82O10. The molecule has 0 unspecified atom stereocenters. The van der Waals surface area contributed by atoms with Crippen molar-refractivity contribution in [2.45, 2.75) is 230 Å². The molecule has 0 aromatic heterocycles. The maximum atomic E-state index is 12.8. The topological polar surface area (TPSA) is 152 Å². The third-order valence-corrected chi connectivity index (χ3v) is 10.3. The maximum Gasteiger partial charge on any atom is 0.306 e. The highest BCUT2D eigenvalue weighted by atomic mass is 16.7. The van der Waals surface area contributed by atoms with E-state index >= 15 is 0 Å². The Bertz CT molecular complexity index is 954. The Labute approximate surface area is 334 Å². The van der Waals surface area contributed by atoms with Crippen LogP contribution in [0.15, 0.2) is 24.3 Å². The summed E-state index contributed by atoms with van der Waals surface area (Å²) in [5, 5.41) is 40.0. The van der Waals surface area contributed by atoms with Gasteiger partial charge in [0, 0.05) is 12.8 Å². The number of ether oxygens (including phenoxy) is 4. The summed E-state index contributed by atoms with van der Waals surface area (Å²) < 4.78 is 22.1. The van der Waals surface area contributed by atoms with Gasteiger partial charge in [0.15, 0.2) is 12.4 Å².